The van der Waals surface area contributed by atoms with Crippen LogP contribution in [0.15, 0.2) is 41.3 Å². The number of nitrogens with one attached hydrogen (secondary N) is 1. The van der Waals surface area contributed by atoms with E-state index < -0.39 is 28.5 Å². The molecule has 0 fully saturated rings. The van der Waals surface area contributed by atoms with E-state index in [-0.39, 0.29) is 16.1 Å². The molecule has 0 unspecified atom stereocenters. The van der Waals surface area contributed by atoms with Gasteiger partial charge in [0.1, 0.15) is 13.2 Å². The van der Waals surface area contributed by atoms with Gasteiger partial charge in [0.15, 0.2) is 18.1 Å². The number of sulfonamides is 1. The van der Waals surface area contributed by atoms with E-state index in [0.29, 0.717) is 30.3 Å². The van der Waals surface area contributed by atoms with Gasteiger partial charge in [-0.15, -0.1) is 0 Å². The molecule has 1 heterocycles. The van der Waals surface area contributed by atoms with Crippen LogP contribution in [0.4, 0.5) is 5.69 Å². The Bertz CT molecular complexity index is 1080. The fourth-order valence-electron chi connectivity index (χ4n) is 2.73. The highest BCUT2D eigenvalue weighted by Gasteiger charge is 2.21. The van der Waals surface area contributed by atoms with Crippen molar-refractivity contribution >= 4 is 27.6 Å². The molecule has 2 aromatic rings. The van der Waals surface area contributed by atoms with Crippen molar-refractivity contribution in [3.8, 4) is 11.5 Å². The summed E-state index contributed by atoms with van der Waals surface area (Å²) in [6.45, 7) is 1.96. The highest BCUT2D eigenvalue weighted by atomic mass is 32.2. The topological polar surface area (TPSA) is 111 Å². The predicted octanol–water partition coefficient (Wildman–Crippen LogP) is 1.81. The number of rotatable bonds is 6. The minimum Gasteiger partial charge on any atom is -0.486 e. The second-order valence-electron chi connectivity index (χ2n) is 6.75. The molecule has 30 heavy (non-hydrogen) atoms. The summed E-state index contributed by atoms with van der Waals surface area (Å²) < 4.78 is 41.7. The number of benzene rings is 2. The number of anilines is 1. The second-order valence-corrected chi connectivity index (χ2v) is 8.87. The van der Waals surface area contributed by atoms with Crippen LogP contribution in [0.3, 0.4) is 0 Å². The van der Waals surface area contributed by atoms with Gasteiger partial charge in [-0.3, -0.25) is 4.79 Å². The molecule has 0 radical (unpaired) electrons. The smallest absolute Gasteiger partial charge is 0.338 e. The standard InChI is InChI=1S/C20H22N2O7S/c1-13-4-6-15(11-18(13)30(25,26)22(2)3)21-19(23)12-29-20(24)14-5-7-16-17(10-14)28-9-8-27-16/h4-7,10-11H,8-9,12H2,1-3H3,(H,21,23). The van der Waals surface area contributed by atoms with Crippen molar-refractivity contribution in [1.29, 1.82) is 0 Å². The molecule has 1 N–H and O–H groups in total. The summed E-state index contributed by atoms with van der Waals surface area (Å²) >= 11 is 0. The van der Waals surface area contributed by atoms with Crippen LogP contribution in [-0.4, -0.2) is 58.5 Å². The first-order valence-corrected chi connectivity index (χ1v) is 10.5. The molecule has 0 bridgehead atoms. The van der Waals surface area contributed by atoms with Crippen LogP contribution in [0.2, 0.25) is 0 Å². The quantitative estimate of drug-likeness (QED) is 0.690. The molecule has 2 aromatic carbocycles. The zero-order valence-corrected chi connectivity index (χ0v) is 17.6. The number of fused-ring (bicyclic) bond motifs is 1. The molecule has 0 aromatic heterocycles. The van der Waals surface area contributed by atoms with Crippen LogP contribution in [0.5, 0.6) is 11.5 Å². The van der Waals surface area contributed by atoms with Gasteiger partial charge < -0.3 is 19.5 Å². The molecule has 1 aliphatic heterocycles. The van der Waals surface area contributed by atoms with Crippen LogP contribution in [0.25, 0.3) is 0 Å². The SMILES string of the molecule is Cc1ccc(NC(=O)COC(=O)c2ccc3c(c2)OCCO3)cc1S(=O)(=O)N(C)C. The lowest BCUT2D eigenvalue weighted by molar-refractivity contribution is -0.119. The normalized spacial score (nSPS) is 13.1. The molecule has 3 rings (SSSR count). The Kier molecular flexibility index (Phi) is 6.28. The van der Waals surface area contributed by atoms with Crippen molar-refractivity contribution in [2.45, 2.75) is 11.8 Å². The number of ether oxygens (including phenoxy) is 3. The highest BCUT2D eigenvalue weighted by molar-refractivity contribution is 7.89. The van der Waals surface area contributed by atoms with Crippen molar-refractivity contribution < 1.29 is 32.2 Å². The van der Waals surface area contributed by atoms with Gasteiger partial charge in [-0.1, -0.05) is 6.07 Å². The van der Waals surface area contributed by atoms with Crippen LogP contribution < -0.4 is 14.8 Å². The lowest BCUT2D eigenvalue weighted by atomic mass is 10.2. The van der Waals surface area contributed by atoms with E-state index in [1.54, 1.807) is 25.1 Å². The molecular weight excluding hydrogens is 412 g/mol. The van der Waals surface area contributed by atoms with Crippen LogP contribution >= 0.6 is 0 Å². The van der Waals surface area contributed by atoms with Gasteiger partial charge in [0, 0.05) is 19.8 Å². The van der Waals surface area contributed by atoms with Gasteiger partial charge in [0.2, 0.25) is 10.0 Å². The molecule has 0 aliphatic carbocycles. The Balaban J connectivity index is 1.63. The first kappa shape index (κ1) is 21.6. The van der Waals surface area contributed by atoms with Gasteiger partial charge in [-0.05, 0) is 42.8 Å². The monoisotopic (exact) mass is 434 g/mol. The molecule has 9 nitrogen and oxygen atoms in total. The molecular formula is C20H22N2O7S. The predicted molar refractivity (Wildman–Crippen MR) is 108 cm³/mol. The summed E-state index contributed by atoms with van der Waals surface area (Å²) in [4.78, 5) is 24.5. The van der Waals surface area contributed by atoms with E-state index in [1.807, 2.05) is 0 Å². The van der Waals surface area contributed by atoms with E-state index in [2.05, 4.69) is 5.32 Å². The maximum Gasteiger partial charge on any atom is 0.338 e. The third-order valence-corrected chi connectivity index (χ3v) is 6.30. The number of carbonyl (C=O) groups is 2. The molecule has 1 amide bonds. The van der Waals surface area contributed by atoms with E-state index >= 15 is 0 Å². The molecule has 1 aliphatic rings. The Morgan fingerprint density at radius 3 is 2.47 bits per heavy atom. The van der Waals surface area contributed by atoms with Gasteiger partial charge in [0.25, 0.3) is 5.91 Å². The van der Waals surface area contributed by atoms with Crippen molar-refractivity contribution in [3.05, 3.63) is 47.5 Å². The minimum absolute atomic E-state index is 0.0820. The zero-order valence-electron chi connectivity index (χ0n) is 16.8. The van der Waals surface area contributed by atoms with Crippen molar-refractivity contribution in [3.63, 3.8) is 0 Å². The Hall–Kier alpha value is -3.11. The first-order chi connectivity index (χ1) is 14.2. The lowest BCUT2D eigenvalue weighted by Gasteiger charge is -2.18. The fourth-order valence-corrected chi connectivity index (χ4v) is 3.88. The number of amides is 1. The van der Waals surface area contributed by atoms with Crippen molar-refractivity contribution in [2.75, 3.05) is 39.2 Å². The maximum absolute atomic E-state index is 12.4. The Labute approximate surface area is 174 Å². The number of aryl methyl sites for hydroxylation is 1. The van der Waals surface area contributed by atoms with Crippen molar-refractivity contribution in [1.82, 2.24) is 4.31 Å². The minimum atomic E-state index is -3.66. The summed E-state index contributed by atoms with van der Waals surface area (Å²) in [5.74, 6) is -0.312. The Morgan fingerprint density at radius 2 is 1.77 bits per heavy atom. The van der Waals surface area contributed by atoms with Gasteiger partial charge in [-0.2, -0.15) is 0 Å². The molecule has 0 atom stereocenters. The number of hydrogen-bond acceptors (Lipinski definition) is 7. The van der Waals surface area contributed by atoms with Gasteiger partial charge in [0.05, 0.1) is 10.5 Å². The average molecular weight is 434 g/mol. The molecule has 160 valence electrons. The summed E-state index contributed by atoms with van der Waals surface area (Å²) in [6, 6.07) is 9.15. The highest BCUT2D eigenvalue weighted by Crippen LogP contribution is 2.31. The molecule has 0 saturated carbocycles. The summed E-state index contributed by atoms with van der Waals surface area (Å²) in [7, 11) is -0.805. The van der Waals surface area contributed by atoms with E-state index in [4.69, 9.17) is 14.2 Å². The molecule has 0 spiro atoms. The maximum atomic E-state index is 12.4. The zero-order chi connectivity index (χ0) is 21.9. The number of hydrogen-bond donors (Lipinski definition) is 1. The van der Waals surface area contributed by atoms with Gasteiger partial charge in [-0.25, -0.2) is 17.5 Å². The average Bonchev–Trinajstić information content (AvgIpc) is 2.72. The third-order valence-electron chi connectivity index (χ3n) is 4.34. The molecule has 0 saturated heterocycles. The van der Waals surface area contributed by atoms with Crippen LogP contribution in [-0.2, 0) is 19.6 Å². The van der Waals surface area contributed by atoms with E-state index in [1.165, 1.54) is 32.3 Å². The fraction of sp³-hybridized carbons (Fsp3) is 0.300. The number of carbonyl (C=O) groups excluding carboxylic acids is 2. The van der Waals surface area contributed by atoms with E-state index in [9.17, 15) is 18.0 Å². The summed E-state index contributed by atoms with van der Waals surface area (Å²) in [5.41, 5.74) is 1.05. The number of nitrogens with zero attached hydrogens (tertiary/aromatic N) is 1. The van der Waals surface area contributed by atoms with Crippen LogP contribution in [0.1, 0.15) is 15.9 Å². The number of esters is 1. The Morgan fingerprint density at radius 1 is 1.07 bits per heavy atom. The van der Waals surface area contributed by atoms with E-state index in [0.717, 1.165) is 4.31 Å². The summed E-state index contributed by atoms with van der Waals surface area (Å²) in [6.07, 6.45) is 0. The van der Waals surface area contributed by atoms with Crippen LogP contribution in [0, 0.1) is 6.92 Å². The largest absolute Gasteiger partial charge is 0.486 e. The van der Waals surface area contributed by atoms with Gasteiger partial charge >= 0.3 is 5.97 Å². The first-order valence-electron chi connectivity index (χ1n) is 9.08. The van der Waals surface area contributed by atoms with Crippen molar-refractivity contribution in [2.24, 2.45) is 0 Å². The lowest BCUT2D eigenvalue weighted by Crippen LogP contribution is -2.24. The third kappa shape index (κ3) is 4.71. The molecule has 10 heteroatoms. The summed E-state index contributed by atoms with van der Waals surface area (Å²) in [5, 5.41) is 2.53. The second kappa shape index (κ2) is 8.72.